The van der Waals surface area contributed by atoms with Gasteiger partial charge in [-0.15, -0.1) is 0 Å². The predicted molar refractivity (Wildman–Crippen MR) is 72.2 cm³/mol. The van der Waals surface area contributed by atoms with Gasteiger partial charge in [0.25, 0.3) is 0 Å². The molecule has 5 heteroatoms. The second-order valence-electron chi connectivity index (χ2n) is 4.94. The standard InChI is InChI=1S/C14H22N2O3/c1-11-10-12(2)16(14(11)19)8-5-3-4-6-13(18)15-7-9-17/h9,11H,2-8,10H2,1H3,(H,15,18). The molecule has 0 aromatic rings. The van der Waals surface area contributed by atoms with Crippen LogP contribution in [0, 0.1) is 5.92 Å². The second kappa shape index (κ2) is 7.71. The first kappa shape index (κ1) is 15.4. The smallest absolute Gasteiger partial charge is 0.229 e. The van der Waals surface area contributed by atoms with Gasteiger partial charge in [-0.1, -0.05) is 19.9 Å². The number of aldehydes is 1. The number of hydrogen-bond acceptors (Lipinski definition) is 3. The van der Waals surface area contributed by atoms with Crippen LogP contribution in [0.1, 0.15) is 39.0 Å². The summed E-state index contributed by atoms with van der Waals surface area (Å²) in [6.07, 6.45) is 4.39. The van der Waals surface area contributed by atoms with Crippen molar-refractivity contribution in [1.29, 1.82) is 0 Å². The Labute approximate surface area is 114 Å². The lowest BCUT2D eigenvalue weighted by molar-refractivity contribution is -0.129. The van der Waals surface area contributed by atoms with Crippen LogP contribution in [0.5, 0.6) is 0 Å². The van der Waals surface area contributed by atoms with Gasteiger partial charge in [0.15, 0.2) is 0 Å². The summed E-state index contributed by atoms with van der Waals surface area (Å²) in [4.78, 5) is 34.8. The monoisotopic (exact) mass is 266 g/mol. The molecular weight excluding hydrogens is 244 g/mol. The molecule has 1 aliphatic rings. The average Bonchev–Trinajstić information content (AvgIpc) is 2.62. The first-order valence-corrected chi connectivity index (χ1v) is 6.75. The van der Waals surface area contributed by atoms with E-state index in [4.69, 9.17) is 0 Å². The third-order valence-corrected chi connectivity index (χ3v) is 3.28. The molecule has 5 nitrogen and oxygen atoms in total. The van der Waals surface area contributed by atoms with Gasteiger partial charge in [-0.2, -0.15) is 0 Å². The van der Waals surface area contributed by atoms with Crippen molar-refractivity contribution in [3.05, 3.63) is 12.3 Å². The van der Waals surface area contributed by atoms with E-state index < -0.39 is 0 Å². The molecule has 106 valence electrons. The van der Waals surface area contributed by atoms with Crippen molar-refractivity contribution in [2.75, 3.05) is 13.1 Å². The zero-order valence-corrected chi connectivity index (χ0v) is 11.5. The first-order chi connectivity index (χ1) is 9.06. The van der Waals surface area contributed by atoms with Gasteiger partial charge in [-0.3, -0.25) is 9.59 Å². The van der Waals surface area contributed by atoms with Gasteiger partial charge in [0.2, 0.25) is 11.8 Å². The molecule has 0 aromatic carbocycles. The molecule has 1 atom stereocenters. The van der Waals surface area contributed by atoms with E-state index in [1.807, 2.05) is 6.92 Å². The van der Waals surface area contributed by atoms with E-state index in [2.05, 4.69) is 11.9 Å². The summed E-state index contributed by atoms with van der Waals surface area (Å²) in [6, 6.07) is 0. The molecule has 0 saturated carbocycles. The summed E-state index contributed by atoms with van der Waals surface area (Å²) in [7, 11) is 0. The highest BCUT2D eigenvalue weighted by Gasteiger charge is 2.30. The molecule has 0 radical (unpaired) electrons. The quantitative estimate of drug-likeness (QED) is 0.531. The minimum Gasteiger partial charge on any atom is -0.349 e. The Balaban J connectivity index is 2.11. The minimum absolute atomic E-state index is 0.0571. The summed E-state index contributed by atoms with van der Waals surface area (Å²) in [6.45, 7) is 6.60. The molecule has 0 aliphatic carbocycles. The predicted octanol–water partition coefficient (Wildman–Crippen LogP) is 1.24. The number of nitrogens with one attached hydrogen (secondary N) is 1. The summed E-state index contributed by atoms with van der Waals surface area (Å²) in [5.41, 5.74) is 0.904. The number of likely N-dealkylation sites (tertiary alicyclic amines) is 1. The van der Waals surface area contributed by atoms with Crippen LogP contribution in [0.4, 0.5) is 0 Å². The number of allylic oxidation sites excluding steroid dienone is 1. The number of rotatable bonds is 8. The Bertz CT molecular complexity index is 366. The second-order valence-corrected chi connectivity index (χ2v) is 4.94. The highest BCUT2D eigenvalue weighted by molar-refractivity contribution is 5.83. The van der Waals surface area contributed by atoms with Crippen LogP contribution >= 0.6 is 0 Å². The van der Waals surface area contributed by atoms with Gasteiger partial charge >= 0.3 is 0 Å². The van der Waals surface area contributed by atoms with Crippen molar-refractivity contribution in [1.82, 2.24) is 10.2 Å². The van der Waals surface area contributed by atoms with Crippen molar-refractivity contribution in [3.63, 3.8) is 0 Å². The third-order valence-electron chi connectivity index (χ3n) is 3.28. The molecular formula is C14H22N2O3. The van der Waals surface area contributed by atoms with E-state index in [9.17, 15) is 14.4 Å². The zero-order chi connectivity index (χ0) is 14.3. The lowest BCUT2D eigenvalue weighted by Gasteiger charge is -2.17. The van der Waals surface area contributed by atoms with Crippen LogP contribution in [0.25, 0.3) is 0 Å². The van der Waals surface area contributed by atoms with Gasteiger partial charge in [0, 0.05) is 24.6 Å². The van der Waals surface area contributed by atoms with Crippen molar-refractivity contribution < 1.29 is 14.4 Å². The molecule has 0 spiro atoms. The topological polar surface area (TPSA) is 66.5 Å². The molecule has 1 fully saturated rings. The van der Waals surface area contributed by atoms with Gasteiger partial charge in [-0.05, 0) is 19.3 Å². The number of amides is 2. The number of hydrogen-bond donors (Lipinski definition) is 1. The average molecular weight is 266 g/mol. The van der Waals surface area contributed by atoms with Gasteiger partial charge in [0.05, 0.1) is 6.54 Å². The number of nitrogens with zero attached hydrogens (tertiary/aromatic N) is 1. The fraction of sp³-hybridized carbons (Fsp3) is 0.643. The Kier molecular flexibility index (Phi) is 6.25. The maximum atomic E-state index is 11.8. The van der Waals surface area contributed by atoms with Crippen molar-refractivity contribution >= 4 is 18.1 Å². The summed E-state index contributed by atoms with van der Waals surface area (Å²) < 4.78 is 0. The summed E-state index contributed by atoms with van der Waals surface area (Å²) >= 11 is 0. The molecule has 1 heterocycles. The normalized spacial score (nSPS) is 18.8. The SMILES string of the molecule is C=C1CC(C)C(=O)N1CCCCCC(=O)NCC=O. The van der Waals surface area contributed by atoms with Crippen LogP contribution in [0.2, 0.25) is 0 Å². The van der Waals surface area contributed by atoms with E-state index in [-0.39, 0.29) is 24.3 Å². The molecule has 19 heavy (non-hydrogen) atoms. The molecule has 0 aromatic heterocycles. The van der Waals surface area contributed by atoms with Crippen LogP contribution in [0.15, 0.2) is 12.3 Å². The van der Waals surface area contributed by atoms with Crippen LogP contribution in [0.3, 0.4) is 0 Å². The van der Waals surface area contributed by atoms with Crippen LogP contribution < -0.4 is 5.32 Å². The van der Waals surface area contributed by atoms with E-state index >= 15 is 0 Å². The number of carbonyl (C=O) groups is 3. The molecule has 1 N–H and O–H groups in total. The Morgan fingerprint density at radius 3 is 2.79 bits per heavy atom. The van der Waals surface area contributed by atoms with E-state index in [0.717, 1.165) is 31.4 Å². The Morgan fingerprint density at radius 1 is 1.47 bits per heavy atom. The zero-order valence-electron chi connectivity index (χ0n) is 11.5. The molecule has 1 unspecified atom stereocenters. The summed E-state index contributed by atoms with van der Waals surface area (Å²) in [5.74, 6) is 0.123. The van der Waals surface area contributed by atoms with E-state index in [0.29, 0.717) is 19.3 Å². The lowest BCUT2D eigenvalue weighted by atomic mass is 10.1. The Morgan fingerprint density at radius 2 is 2.21 bits per heavy atom. The molecule has 0 bridgehead atoms. The maximum absolute atomic E-state index is 11.8. The molecule has 1 saturated heterocycles. The van der Waals surface area contributed by atoms with Gasteiger partial charge in [0.1, 0.15) is 6.29 Å². The Hall–Kier alpha value is -1.65. The third kappa shape index (κ3) is 4.85. The highest BCUT2D eigenvalue weighted by Crippen LogP contribution is 2.26. The van der Waals surface area contributed by atoms with E-state index in [1.54, 1.807) is 4.90 Å². The molecule has 2 amide bonds. The number of unbranched alkanes of at least 4 members (excludes halogenated alkanes) is 2. The molecule has 1 aliphatic heterocycles. The van der Waals surface area contributed by atoms with E-state index in [1.165, 1.54) is 0 Å². The van der Waals surface area contributed by atoms with Gasteiger partial charge < -0.3 is 15.0 Å². The number of carbonyl (C=O) groups excluding carboxylic acids is 3. The fourth-order valence-electron chi connectivity index (χ4n) is 2.22. The lowest BCUT2D eigenvalue weighted by Crippen LogP contribution is -2.26. The summed E-state index contributed by atoms with van der Waals surface area (Å²) in [5, 5.41) is 2.50. The largest absolute Gasteiger partial charge is 0.349 e. The first-order valence-electron chi connectivity index (χ1n) is 6.75. The van der Waals surface area contributed by atoms with Crippen LogP contribution in [-0.2, 0) is 14.4 Å². The minimum atomic E-state index is -0.0950. The maximum Gasteiger partial charge on any atom is 0.229 e. The van der Waals surface area contributed by atoms with Crippen LogP contribution in [-0.4, -0.2) is 36.1 Å². The van der Waals surface area contributed by atoms with Crippen molar-refractivity contribution in [2.24, 2.45) is 5.92 Å². The van der Waals surface area contributed by atoms with Crippen molar-refractivity contribution in [2.45, 2.75) is 39.0 Å². The fourth-order valence-corrected chi connectivity index (χ4v) is 2.22. The molecule has 1 rings (SSSR count). The van der Waals surface area contributed by atoms with Crippen molar-refractivity contribution in [3.8, 4) is 0 Å². The highest BCUT2D eigenvalue weighted by atomic mass is 16.2. The van der Waals surface area contributed by atoms with Gasteiger partial charge in [-0.25, -0.2) is 0 Å².